The van der Waals surface area contributed by atoms with Crippen LogP contribution in [-0.2, 0) is 14.0 Å². The summed E-state index contributed by atoms with van der Waals surface area (Å²) >= 11 is 0. The van der Waals surface area contributed by atoms with Gasteiger partial charge < -0.3 is 28.6 Å². The Morgan fingerprint density at radius 2 is 1.64 bits per heavy atom. The number of ether oxygens (including phenoxy) is 5. The molecule has 0 saturated carbocycles. The quantitative estimate of drug-likeness (QED) is 0.307. The third-order valence-corrected chi connectivity index (χ3v) is 10.4. The maximum atomic E-state index is 14.1. The monoisotopic (exact) mass is 568 g/mol. The Bertz CT molecular complexity index is 1010. The topological polar surface area (TPSA) is 93.3 Å². The zero-order valence-corrected chi connectivity index (χ0v) is 26.0. The molecule has 1 amide bonds. The Hall–Kier alpha value is -1.82. The number of hydrogen-bond acceptors (Lipinski definition) is 8. The minimum absolute atomic E-state index is 0.0500. The van der Waals surface area contributed by atoms with Crippen LogP contribution in [0.1, 0.15) is 31.1 Å². The number of nitrogens with zero attached hydrogens (tertiary/aromatic N) is 4. The number of morpholine rings is 1. The minimum Gasteiger partial charge on any atom is -0.493 e. The molecule has 3 atom stereocenters. The fraction of sp³-hybridized carbons (Fsp3) is 0.731. The maximum Gasteiger partial charge on any atom is 0.254 e. The lowest BCUT2D eigenvalue weighted by Gasteiger charge is -2.44. The molecule has 2 aliphatic heterocycles. The van der Waals surface area contributed by atoms with Crippen LogP contribution in [-0.4, -0.2) is 138 Å². The standard InChI is InChI=1S/C26H46BN4O7P/c1-26(2,3)30-15-20(38-23(27)16-30)17-37-18-39(33,28(4)5)31-11-9-29(10-12-31)25(32)19-13-21(34-6)24(36-8)22(14-19)35-7/h13-14,20,23H,9-12,15-18,27H2,1-8H3. The molecule has 0 spiro atoms. The first kappa shape index (κ1) is 31.7. The molecule has 13 heteroatoms. The molecule has 1 aromatic carbocycles. The molecule has 2 heterocycles. The van der Waals surface area contributed by atoms with E-state index in [2.05, 4.69) is 33.5 Å². The van der Waals surface area contributed by atoms with Gasteiger partial charge in [0.05, 0.1) is 34.0 Å². The molecule has 3 unspecified atom stereocenters. The third kappa shape index (κ3) is 7.48. The summed E-state index contributed by atoms with van der Waals surface area (Å²) in [5.74, 6) is 1.15. The summed E-state index contributed by atoms with van der Waals surface area (Å²) in [5.41, 5.74) is 0.497. The third-order valence-electron chi connectivity index (χ3n) is 7.36. The lowest BCUT2D eigenvalue weighted by Crippen LogP contribution is -2.56. The van der Waals surface area contributed by atoms with Gasteiger partial charge in [-0.25, -0.2) is 9.34 Å². The molecule has 0 aromatic heterocycles. The van der Waals surface area contributed by atoms with Gasteiger partial charge in [-0.05, 0) is 47.0 Å². The van der Waals surface area contributed by atoms with Gasteiger partial charge in [-0.2, -0.15) is 0 Å². The molecule has 0 bridgehead atoms. The van der Waals surface area contributed by atoms with Crippen molar-refractivity contribution in [2.24, 2.45) is 0 Å². The average Bonchev–Trinajstić information content (AvgIpc) is 2.90. The van der Waals surface area contributed by atoms with Crippen LogP contribution in [0.4, 0.5) is 0 Å². The van der Waals surface area contributed by atoms with Crippen LogP contribution in [0.3, 0.4) is 0 Å². The summed E-state index contributed by atoms with van der Waals surface area (Å²) in [6.07, 6.45) is 0.0291. The van der Waals surface area contributed by atoms with Crippen molar-refractivity contribution in [1.29, 1.82) is 0 Å². The van der Waals surface area contributed by atoms with E-state index in [1.165, 1.54) is 21.3 Å². The van der Waals surface area contributed by atoms with Crippen molar-refractivity contribution in [3.8, 4) is 17.2 Å². The fourth-order valence-electron chi connectivity index (χ4n) is 5.04. The van der Waals surface area contributed by atoms with Crippen molar-refractivity contribution in [2.45, 2.75) is 38.4 Å². The molecular formula is C26H46BN4O7P. The van der Waals surface area contributed by atoms with E-state index >= 15 is 0 Å². The second-order valence-corrected chi connectivity index (χ2v) is 14.3. The van der Waals surface area contributed by atoms with E-state index in [-0.39, 0.29) is 29.9 Å². The molecule has 2 saturated heterocycles. The van der Waals surface area contributed by atoms with Crippen molar-refractivity contribution in [2.75, 3.05) is 87.6 Å². The van der Waals surface area contributed by atoms with Gasteiger partial charge >= 0.3 is 0 Å². The first-order chi connectivity index (χ1) is 18.3. The van der Waals surface area contributed by atoms with E-state index in [4.69, 9.17) is 23.7 Å². The largest absolute Gasteiger partial charge is 0.493 e. The van der Waals surface area contributed by atoms with Gasteiger partial charge in [-0.1, -0.05) is 0 Å². The predicted molar refractivity (Wildman–Crippen MR) is 154 cm³/mol. The molecule has 2 aliphatic rings. The van der Waals surface area contributed by atoms with Gasteiger partial charge in [-0.15, -0.1) is 0 Å². The number of hydrogen-bond donors (Lipinski definition) is 0. The van der Waals surface area contributed by atoms with E-state index in [1.807, 2.05) is 18.8 Å². The van der Waals surface area contributed by atoms with Crippen molar-refractivity contribution < 1.29 is 33.0 Å². The van der Waals surface area contributed by atoms with Crippen LogP contribution < -0.4 is 14.2 Å². The highest BCUT2D eigenvalue weighted by Crippen LogP contribution is 2.51. The van der Waals surface area contributed by atoms with E-state index in [0.717, 1.165) is 13.1 Å². The first-order valence-corrected chi connectivity index (χ1v) is 15.2. The minimum atomic E-state index is -2.98. The van der Waals surface area contributed by atoms with E-state index in [1.54, 1.807) is 21.7 Å². The second-order valence-electron chi connectivity index (χ2n) is 11.3. The summed E-state index contributed by atoms with van der Waals surface area (Å²) in [6, 6.07) is 3.43. The van der Waals surface area contributed by atoms with Gasteiger partial charge in [0.1, 0.15) is 14.2 Å². The number of carbonyl (C=O) groups excluding carboxylic acids is 1. The summed E-state index contributed by atoms with van der Waals surface area (Å²) in [5, 5.41) is 0. The number of piperazine rings is 1. The molecule has 0 radical (unpaired) electrons. The van der Waals surface area contributed by atoms with Crippen molar-refractivity contribution >= 4 is 21.2 Å². The van der Waals surface area contributed by atoms with Crippen LogP contribution in [0, 0.1) is 0 Å². The van der Waals surface area contributed by atoms with Crippen LogP contribution in [0.5, 0.6) is 17.2 Å². The Morgan fingerprint density at radius 1 is 1.05 bits per heavy atom. The molecule has 11 nitrogen and oxygen atoms in total. The lowest BCUT2D eigenvalue weighted by atomic mass is 9.94. The molecule has 1 aromatic rings. The van der Waals surface area contributed by atoms with Gasteiger partial charge in [0.25, 0.3) is 5.91 Å². The van der Waals surface area contributed by atoms with Crippen LogP contribution in [0.15, 0.2) is 12.1 Å². The SMILES string of the molecule is BC1CN(C(C)(C)C)CC(COCP(=O)(N(C)C)N2CCN(C(=O)c3cc(OC)c(OC)c(OC)c3)CC2)O1. The average molecular weight is 568 g/mol. The Morgan fingerprint density at radius 3 is 2.13 bits per heavy atom. The van der Waals surface area contributed by atoms with Gasteiger partial charge in [0, 0.05) is 56.4 Å². The Labute approximate surface area is 234 Å². The summed E-state index contributed by atoms with van der Waals surface area (Å²) in [7, 11) is 7.30. The summed E-state index contributed by atoms with van der Waals surface area (Å²) in [4.78, 5) is 17.5. The van der Waals surface area contributed by atoms with Crippen molar-refractivity contribution in [3.05, 3.63) is 17.7 Å². The highest BCUT2D eigenvalue weighted by atomic mass is 31.2. The zero-order chi connectivity index (χ0) is 29.0. The smallest absolute Gasteiger partial charge is 0.254 e. The number of carbonyl (C=O) groups is 1. The number of methoxy groups -OCH3 is 3. The number of rotatable bonds is 10. The molecule has 0 aliphatic carbocycles. The van der Waals surface area contributed by atoms with Gasteiger partial charge in [-0.3, -0.25) is 14.3 Å². The van der Waals surface area contributed by atoms with Crippen LogP contribution >= 0.6 is 7.44 Å². The van der Waals surface area contributed by atoms with E-state index in [9.17, 15) is 9.36 Å². The van der Waals surface area contributed by atoms with Crippen LogP contribution in [0.25, 0.3) is 0 Å². The predicted octanol–water partition coefficient (Wildman–Crippen LogP) is 1.66. The molecule has 2 fully saturated rings. The molecule has 0 N–H and O–H groups in total. The molecule has 220 valence electrons. The Kier molecular flexibility index (Phi) is 10.8. The summed E-state index contributed by atoms with van der Waals surface area (Å²) < 4.78 is 46.2. The Balaban J connectivity index is 1.61. The first-order valence-electron chi connectivity index (χ1n) is 13.4. The molecular weight excluding hydrogens is 522 g/mol. The second kappa shape index (κ2) is 13.2. The maximum absolute atomic E-state index is 14.1. The van der Waals surface area contributed by atoms with E-state index < -0.39 is 7.44 Å². The van der Waals surface area contributed by atoms with Gasteiger partial charge in [0.15, 0.2) is 11.5 Å². The van der Waals surface area contributed by atoms with E-state index in [0.29, 0.717) is 55.6 Å². The van der Waals surface area contributed by atoms with Gasteiger partial charge in [0.2, 0.25) is 13.2 Å². The number of amides is 1. The molecule has 3 rings (SSSR count). The summed E-state index contributed by atoms with van der Waals surface area (Å²) in [6.45, 7) is 10.5. The number of benzene rings is 1. The molecule has 39 heavy (non-hydrogen) atoms. The van der Waals surface area contributed by atoms with Crippen molar-refractivity contribution in [3.63, 3.8) is 0 Å². The normalized spacial score (nSPS) is 22.9. The van der Waals surface area contributed by atoms with Crippen molar-refractivity contribution in [1.82, 2.24) is 19.1 Å². The lowest BCUT2D eigenvalue weighted by molar-refractivity contribution is -0.101. The zero-order valence-electron chi connectivity index (χ0n) is 25.1. The highest BCUT2D eigenvalue weighted by Gasteiger charge is 2.38. The van der Waals surface area contributed by atoms with Crippen LogP contribution in [0.2, 0.25) is 0 Å². The highest BCUT2D eigenvalue weighted by molar-refractivity contribution is 7.58. The fourth-order valence-corrected chi connectivity index (χ4v) is 7.08.